The quantitative estimate of drug-likeness (QED) is 0.539. The van der Waals surface area contributed by atoms with Gasteiger partial charge in [0, 0.05) is 29.1 Å². The van der Waals surface area contributed by atoms with Gasteiger partial charge in [-0.05, 0) is 18.2 Å². The van der Waals surface area contributed by atoms with Crippen molar-refractivity contribution in [2.75, 3.05) is 39.9 Å². The Kier molecular flexibility index (Phi) is 5.91. The van der Waals surface area contributed by atoms with Gasteiger partial charge >= 0.3 is 0 Å². The number of rotatable bonds is 7. The Morgan fingerprint density at radius 1 is 0.938 bits per heavy atom. The fourth-order valence-corrected chi connectivity index (χ4v) is 4.39. The molecule has 0 fully saturated rings. The van der Waals surface area contributed by atoms with Crippen LogP contribution in [0.2, 0.25) is 0 Å². The van der Waals surface area contributed by atoms with Crippen LogP contribution in [0.3, 0.4) is 0 Å². The maximum absolute atomic E-state index is 10.7. The molecule has 0 spiro atoms. The van der Waals surface area contributed by atoms with Crippen molar-refractivity contribution in [3.8, 4) is 34.3 Å². The van der Waals surface area contributed by atoms with Crippen molar-refractivity contribution in [2.24, 2.45) is 0 Å². The minimum Gasteiger partial charge on any atom is -0.510 e. The Bertz CT molecular complexity index is 1180. The van der Waals surface area contributed by atoms with E-state index in [1.165, 1.54) is 11.3 Å². The van der Waals surface area contributed by atoms with E-state index in [1.807, 2.05) is 23.6 Å². The zero-order valence-electron chi connectivity index (χ0n) is 18.1. The van der Waals surface area contributed by atoms with Crippen LogP contribution in [0.4, 0.5) is 5.69 Å². The van der Waals surface area contributed by atoms with Crippen LogP contribution in [0.25, 0.3) is 16.8 Å². The van der Waals surface area contributed by atoms with Crippen LogP contribution >= 0.6 is 11.3 Å². The van der Waals surface area contributed by atoms with Crippen molar-refractivity contribution in [3.63, 3.8) is 0 Å². The van der Waals surface area contributed by atoms with Gasteiger partial charge in [-0.1, -0.05) is 0 Å². The molecule has 9 heteroatoms. The summed E-state index contributed by atoms with van der Waals surface area (Å²) in [5.41, 5.74) is 2.66. The van der Waals surface area contributed by atoms with Crippen molar-refractivity contribution >= 4 is 28.4 Å². The molecule has 2 heterocycles. The number of nitrogens with zero attached hydrogens (tertiary/aromatic N) is 2. The highest BCUT2D eigenvalue weighted by Crippen LogP contribution is 2.38. The molecule has 2 aromatic carbocycles. The van der Waals surface area contributed by atoms with Crippen LogP contribution < -0.4 is 23.8 Å². The summed E-state index contributed by atoms with van der Waals surface area (Å²) in [6.45, 7) is 0.162. The molecule has 3 aromatic rings. The monoisotopic (exact) mass is 453 g/mol. The Hall–Kier alpha value is -3.72. The van der Waals surface area contributed by atoms with Gasteiger partial charge in [0.15, 0.2) is 11.5 Å². The van der Waals surface area contributed by atoms with Gasteiger partial charge in [-0.15, -0.1) is 11.3 Å². The second-order valence-corrected chi connectivity index (χ2v) is 7.79. The number of aromatic nitrogens is 1. The zero-order valence-corrected chi connectivity index (χ0v) is 18.9. The van der Waals surface area contributed by atoms with E-state index in [4.69, 9.17) is 24.4 Å². The largest absolute Gasteiger partial charge is 0.510 e. The summed E-state index contributed by atoms with van der Waals surface area (Å²) >= 11 is 1.37. The third kappa shape index (κ3) is 3.82. The molecule has 4 rings (SSSR count). The van der Waals surface area contributed by atoms with E-state index in [-0.39, 0.29) is 18.1 Å². The van der Waals surface area contributed by atoms with E-state index in [0.29, 0.717) is 39.3 Å². The van der Waals surface area contributed by atoms with E-state index < -0.39 is 0 Å². The number of thiazole rings is 1. The first-order chi connectivity index (χ1) is 15.5. The number of methoxy groups -OCH3 is 4. The third-order valence-corrected chi connectivity index (χ3v) is 6.01. The maximum Gasteiger partial charge on any atom is 0.161 e. The van der Waals surface area contributed by atoms with Crippen molar-refractivity contribution in [2.45, 2.75) is 0 Å². The lowest BCUT2D eigenvalue weighted by molar-refractivity contribution is 0.355. The number of hydrogen-bond acceptors (Lipinski definition) is 8. The van der Waals surface area contributed by atoms with Gasteiger partial charge in [-0.3, -0.25) is 5.41 Å². The summed E-state index contributed by atoms with van der Waals surface area (Å²) in [5.74, 6) is 2.69. The van der Waals surface area contributed by atoms with Crippen LogP contribution in [0.5, 0.6) is 23.0 Å². The lowest BCUT2D eigenvalue weighted by Gasteiger charge is -2.20. The fourth-order valence-electron chi connectivity index (χ4n) is 3.49. The van der Waals surface area contributed by atoms with Crippen molar-refractivity contribution < 1.29 is 24.1 Å². The molecule has 0 unspecified atom stereocenters. The van der Waals surface area contributed by atoms with Crippen LogP contribution in [-0.4, -0.2) is 50.9 Å². The predicted octanol–water partition coefficient (Wildman–Crippen LogP) is 4.61. The molecule has 166 valence electrons. The fraction of sp³-hybridized carbons (Fsp3) is 0.217. The van der Waals surface area contributed by atoms with E-state index in [9.17, 15) is 5.11 Å². The number of aliphatic hydroxyl groups excluding tert-OH is 1. The second-order valence-electron chi connectivity index (χ2n) is 6.93. The number of benzene rings is 2. The molecule has 8 nitrogen and oxygen atoms in total. The van der Waals surface area contributed by atoms with Gasteiger partial charge in [0.2, 0.25) is 0 Å². The van der Waals surface area contributed by atoms with Crippen LogP contribution in [0.1, 0.15) is 5.01 Å². The maximum atomic E-state index is 10.7. The molecule has 0 saturated heterocycles. The molecule has 0 atom stereocenters. The highest BCUT2D eigenvalue weighted by atomic mass is 32.1. The molecule has 2 N–H and O–H groups in total. The topological polar surface area (TPSA) is 97.1 Å². The normalized spacial score (nSPS) is 13.5. The smallest absolute Gasteiger partial charge is 0.161 e. The van der Waals surface area contributed by atoms with Gasteiger partial charge in [0.25, 0.3) is 0 Å². The van der Waals surface area contributed by atoms with Gasteiger partial charge < -0.3 is 29.0 Å². The Balaban J connectivity index is 1.64. The number of ether oxygens (including phenoxy) is 4. The number of nitrogens with one attached hydrogen (secondary N) is 1. The van der Waals surface area contributed by atoms with E-state index in [2.05, 4.69) is 4.98 Å². The number of amidine groups is 1. The van der Waals surface area contributed by atoms with Crippen LogP contribution in [0, 0.1) is 5.41 Å². The first-order valence-corrected chi connectivity index (χ1v) is 10.6. The summed E-state index contributed by atoms with van der Waals surface area (Å²) in [4.78, 5) is 6.36. The number of aliphatic hydroxyl groups is 1. The molecule has 32 heavy (non-hydrogen) atoms. The summed E-state index contributed by atoms with van der Waals surface area (Å²) < 4.78 is 21.3. The second kappa shape index (κ2) is 8.80. The van der Waals surface area contributed by atoms with Gasteiger partial charge in [0.05, 0.1) is 51.9 Å². The Morgan fingerprint density at radius 2 is 1.62 bits per heavy atom. The predicted molar refractivity (Wildman–Crippen MR) is 125 cm³/mol. The molecule has 0 bridgehead atoms. The van der Waals surface area contributed by atoms with E-state index in [0.717, 1.165) is 11.3 Å². The van der Waals surface area contributed by atoms with E-state index in [1.54, 1.807) is 51.5 Å². The summed E-state index contributed by atoms with van der Waals surface area (Å²) in [6.07, 6.45) is 0. The molecule has 1 aliphatic heterocycles. The molecule has 1 aliphatic rings. The third-order valence-electron chi connectivity index (χ3n) is 5.15. The summed E-state index contributed by atoms with van der Waals surface area (Å²) in [7, 11) is 6.31. The average Bonchev–Trinajstić information content (AvgIpc) is 3.42. The highest BCUT2D eigenvalue weighted by molar-refractivity contribution is 7.11. The summed E-state index contributed by atoms with van der Waals surface area (Å²) in [5, 5.41) is 21.9. The van der Waals surface area contributed by atoms with Crippen LogP contribution in [-0.2, 0) is 0 Å². The van der Waals surface area contributed by atoms with Gasteiger partial charge in [-0.25, -0.2) is 4.98 Å². The number of anilines is 1. The van der Waals surface area contributed by atoms with Crippen molar-refractivity contribution in [1.29, 1.82) is 5.41 Å². The zero-order chi connectivity index (χ0) is 22.8. The Morgan fingerprint density at radius 3 is 2.25 bits per heavy atom. The lowest BCUT2D eigenvalue weighted by atomic mass is 10.1. The van der Waals surface area contributed by atoms with Crippen molar-refractivity contribution in [3.05, 3.63) is 52.5 Å². The minimum atomic E-state index is 0.0880. The molecule has 0 saturated carbocycles. The number of hydrogen-bond donors (Lipinski definition) is 2. The SMILES string of the molecule is COc1cc(OC)cc(N2CC(O)=C(c3nc(-c4ccc(OC)c(OC)c4)cs3)C2=N)c1. The van der Waals surface area contributed by atoms with Gasteiger partial charge in [-0.2, -0.15) is 0 Å². The molecular formula is C23H23N3O5S. The van der Waals surface area contributed by atoms with Crippen LogP contribution in [0.15, 0.2) is 47.5 Å². The minimum absolute atomic E-state index is 0.0880. The lowest BCUT2D eigenvalue weighted by Crippen LogP contribution is -2.26. The average molecular weight is 454 g/mol. The highest BCUT2D eigenvalue weighted by Gasteiger charge is 2.32. The Labute approximate surface area is 189 Å². The van der Waals surface area contributed by atoms with Crippen molar-refractivity contribution in [1.82, 2.24) is 4.98 Å². The molecule has 0 amide bonds. The molecular weight excluding hydrogens is 430 g/mol. The van der Waals surface area contributed by atoms with Gasteiger partial charge in [0.1, 0.15) is 28.1 Å². The standard InChI is InChI=1S/C23H23N3O5S/c1-28-15-8-14(9-16(10-15)29-2)26-11-18(27)21(22(26)24)23-25-17(12-32-23)13-5-6-19(30-3)20(7-13)31-4/h5-10,12,24,27H,11H2,1-4H3. The first kappa shape index (κ1) is 21.5. The molecule has 1 aromatic heterocycles. The molecule has 0 radical (unpaired) electrons. The molecule has 0 aliphatic carbocycles. The van der Waals surface area contributed by atoms with E-state index >= 15 is 0 Å². The summed E-state index contributed by atoms with van der Waals surface area (Å²) in [6, 6.07) is 10.9. The first-order valence-electron chi connectivity index (χ1n) is 9.69.